The number of rotatable bonds is 4. The molecule has 218 valence electrons. The highest BCUT2D eigenvalue weighted by atomic mass is 32.2. The van der Waals surface area contributed by atoms with Crippen LogP contribution in [0.1, 0.15) is 59.3 Å². The van der Waals surface area contributed by atoms with Gasteiger partial charge in [0.1, 0.15) is 23.2 Å². The Kier molecular flexibility index (Phi) is 8.29. The van der Waals surface area contributed by atoms with E-state index < -0.39 is 74.3 Å². The number of alkyl carbamates (subject to hydrolysis) is 1. The van der Waals surface area contributed by atoms with Crippen molar-refractivity contribution in [3.8, 4) is 0 Å². The van der Waals surface area contributed by atoms with Crippen LogP contribution < -0.4 is 15.4 Å². The average molecular weight is 571 g/mol. The van der Waals surface area contributed by atoms with Crippen molar-refractivity contribution in [3.63, 3.8) is 0 Å². The average Bonchev–Trinajstić information content (AvgIpc) is 3.73. The van der Waals surface area contributed by atoms with Gasteiger partial charge in [0.2, 0.25) is 21.8 Å². The molecule has 2 aliphatic heterocycles. The molecule has 0 radical (unpaired) electrons. The molecule has 2 heterocycles. The van der Waals surface area contributed by atoms with Crippen molar-refractivity contribution in [1.82, 2.24) is 20.3 Å². The van der Waals surface area contributed by atoms with Gasteiger partial charge < -0.3 is 30.1 Å². The van der Waals surface area contributed by atoms with Gasteiger partial charge in [0.05, 0.1) is 18.0 Å². The van der Waals surface area contributed by atoms with Gasteiger partial charge in [-0.2, -0.15) is 0 Å². The lowest BCUT2D eigenvalue weighted by molar-refractivity contribution is -0.141. The second kappa shape index (κ2) is 11.0. The van der Waals surface area contributed by atoms with Crippen molar-refractivity contribution in [2.24, 2.45) is 5.92 Å². The molecule has 0 bridgehead atoms. The number of nitrogens with zero attached hydrogens (tertiary/aromatic N) is 1. The molecule has 39 heavy (non-hydrogen) atoms. The van der Waals surface area contributed by atoms with E-state index in [2.05, 4.69) is 15.4 Å². The van der Waals surface area contributed by atoms with E-state index in [4.69, 9.17) is 9.47 Å². The Hall–Kier alpha value is -2.71. The summed E-state index contributed by atoms with van der Waals surface area (Å²) < 4.78 is 37.9. The standard InChI is InChI=1S/C25H38N4O9S/c1-24(2,3)38-23(34)26-18-7-5-11-37-10-4-6-15-13-25(15,22(33)28-39(35,36)17-8-9-17)27-20(31)19-12-16(30)14-29(19)21(18)32/h4,6,15-19,30H,5,7-14H2,1-3H3,(H,26,34)(H,27,31)(H,28,33). The van der Waals surface area contributed by atoms with Crippen LogP contribution in [0.4, 0.5) is 4.79 Å². The van der Waals surface area contributed by atoms with Gasteiger partial charge in [0.15, 0.2) is 0 Å². The summed E-state index contributed by atoms with van der Waals surface area (Å²) in [7, 11) is -3.85. The number of ether oxygens (including phenoxy) is 2. The van der Waals surface area contributed by atoms with Crippen LogP contribution in [0, 0.1) is 5.92 Å². The second-order valence-corrected chi connectivity index (χ2v) is 13.6. The van der Waals surface area contributed by atoms with Crippen molar-refractivity contribution in [2.45, 2.75) is 93.9 Å². The predicted molar refractivity (Wildman–Crippen MR) is 138 cm³/mol. The van der Waals surface area contributed by atoms with Crippen LogP contribution in [-0.4, -0.2) is 96.6 Å². The molecule has 0 aromatic rings. The molecule has 4 amide bonds. The van der Waals surface area contributed by atoms with E-state index >= 15 is 0 Å². The maximum Gasteiger partial charge on any atom is 0.408 e. The van der Waals surface area contributed by atoms with E-state index in [0.29, 0.717) is 19.3 Å². The maximum absolute atomic E-state index is 13.6. The Morgan fingerprint density at radius 1 is 1.23 bits per heavy atom. The first-order valence-electron chi connectivity index (χ1n) is 13.3. The van der Waals surface area contributed by atoms with Crippen LogP contribution in [0.2, 0.25) is 0 Å². The molecule has 3 fully saturated rings. The van der Waals surface area contributed by atoms with E-state index in [1.807, 2.05) is 0 Å². The van der Waals surface area contributed by atoms with Crippen LogP contribution >= 0.6 is 0 Å². The van der Waals surface area contributed by atoms with Crippen molar-refractivity contribution in [1.29, 1.82) is 0 Å². The number of hydrogen-bond donors (Lipinski definition) is 4. The van der Waals surface area contributed by atoms with Gasteiger partial charge in [-0.1, -0.05) is 12.2 Å². The Morgan fingerprint density at radius 2 is 1.95 bits per heavy atom. The lowest BCUT2D eigenvalue weighted by Crippen LogP contribution is -2.58. The van der Waals surface area contributed by atoms with E-state index in [-0.39, 0.29) is 39.0 Å². The maximum atomic E-state index is 13.6. The Morgan fingerprint density at radius 3 is 2.62 bits per heavy atom. The normalized spacial score (nSPS) is 32.2. The summed E-state index contributed by atoms with van der Waals surface area (Å²) in [6.45, 7) is 5.42. The zero-order valence-corrected chi connectivity index (χ0v) is 23.3. The molecule has 0 spiro atoms. The predicted octanol–water partition coefficient (Wildman–Crippen LogP) is -0.309. The highest BCUT2D eigenvalue weighted by Crippen LogP contribution is 2.46. The van der Waals surface area contributed by atoms with Crippen LogP contribution in [0.15, 0.2) is 12.2 Å². The van der Waals surface area contributed by atoms with Crippen molar-refractivity contribution < 1.29 is 42.2 Å². The van der Waals surface area contributed by atoms with E-state index in [1.165, 1.54) is 4.90 Å². The second-order valence-electron chi connectivity index (χ2n) is 11.7. The van der Waals surface area contributed by atoms with E-state index in [9.17, 15) is 32.7 Å². The lowest BCUT2D eigenvalue weighted by atomic mass is 10.1. The minimum Gasteiger partial charge on any atom is -0.444 e. The van der Waals surface area contributed by atoms with Gasteiger partial charge in [-0.3, -0.25) is 19.1 Å². The third-order valence-electron chi connectivity index (χ3n) is 7.18. The fourth-order valence-corrected chi connectivity index (χ4v) is 6.30. The fraction of sp³-hybridized carbons (Fsp3) is 0.760. The molecule has 0 aromatic carbocycles. The summed E-state index contributed by atoms with van der Waals surface area (Å²) in [6.07, 6.45) is 3.29. The van der Waals surface area contributed by atoms with Gasteiger partial charge in [-0.15, -0.1) is 0 Å². The topological polar surface area (TPSA) is 180 Å². The zero-order valence-electron chi connectivity index (χ0n) is 22.5. The summed E-state index contributed by atoms with van der Waals surface area (Å²) >= 11 is 0. The number of fused-ring (bicyclic) bond motifs is 2. The minimum atomic E-state index is -3.85. The summed E-state index contributed by atoms with van der Waals surface area (Å²) in [4.78, 5) is 54.0. The number of sulfonamides is 1. The fourth-order valence-electron chi connectivity index (χ4n) is 4.94. The van der Waals surface area contributed by atoms with Gasteiger partial charge in [0, 0.05) is 25.5 Å². The monoisotopic (exact) mass is 570 g/mol. The van der Waals surface area contributed by atoms with Crippen LogP contribution in [-0.2, 0) is 33.9 Å². The van der Waals surface area contributed by atoms with Gasteiger partial charge in [0.25, 0.3) is 5.91 Å². The van der Waals surface area contributed by atoms with Gasteiger partial charge in [-0.05, 0) is 52.9 Å². The summed E-state index contributed by atoms with van der Waals surface area (Å²) in [5.74, 6) is -2.56. The quantitative estimate of drug-likeness (QED) is 0.330. The smallest absolute Gasteiger partial charge is 0.408 e. The lowest BCUT2D eigenvalue weighted by Gasteiger charge is -2.30. The SMILES string of the molecule is CC(C)(C)OC(=O)NC1CCCOCC=CC2CC2(C(=O)NS(=O)(=O)C2CC2)NC(=O)C2CC(O)CN2C1=O. The number of hydrogen-bond acceptors (Lipinski definition) is 9. The molecule has 5 atom stereocenters. The highest BCUT2D eigenvalue weighted by molar-refractivity contribution is 7.91. The molecule has 4 N–H and O–H groups in total. The third kappa shape index (κ3) is 7.09. The molecule has 5 unspecified atom stereocenters. The first kappa shape index (κ1) is 29.3. The number of carbonyl (C=O) groups excluding carboxylic acids is 4. The Balaban J connectivity index is 1.57. The number of carbonyl (C=O) groups is 4. The van der Waals surface area contributed by atoms with Crippen molar-refractivity contribution in [3.05, 3.63) is 12.2 Å². The minimum absolute atomic E-state index is 0.0710. The van der Waals surface area contributed by atoms with Crippen molar-refractivity contribution >= 4 is 33.8 Å². The molecule has 14 heteroatoms. The zero-order chi connectivity index (χ0) is 28.6. The van der Waals surface area contributed by atoms with E-state index in [0.717, 1.165) is 0 Å². The summed E-state index contributed by atoms with van der Waals surface area (Å²) in [5.41, 5.74) is -2.30. The molecule has 1 saturated heterocycles. The molecule has 2 aliphatic carbocycles. The largest absolute Gasteiger partial charge is 0.444 e. The van der Waals surface area contributed by atoms with Crippen LogP contribution in [0.5, 0.6) is 0 Å². The highest BCUT2D eigenvalue weighted by Gasteiger charge is 2.62. The first-order valence-corrected chi connectivity index (χ1v) is 14.9. The molecule has 2 saturated carbocycles. The van der Waals surface area contributed by atoms with E-state index in [1.54, 1.807) is 32.9 Å². The molecular formula is C25H38N4O9S. The number of aliphatic hydroxyl groups excluding tert-OH is 1. The molecule has 13 nitrogen and oxygen atoms in total. The number of aliphatic hydroxyl groups is 1. The molecule has 4 aliphatic rings. The van der Waals surface area contributed by atoms with Crippen LogP contribution in [0.25, 0.3) is 0 Å². The number of amides is 4. The van der Waals surface area contributed by atoms with Crippen molar-refractivity contribution in [2.75, 3.05) is 19.8 Å². The first-order chi connectivity index (χ1) is 18.2. The Labute approximate surface area is 228 Å². The molecule has 0 aromatic heterocycles. The van der Waals surface area contributed by atoms with Crippen LogP contribution in [0.3, 0.4) is 0 Å². The van der Waals surface area contributed by atoms with Gasteiger partial charge in [-0.25, -0.2) is 13.2 Å². The third-order valence-corrected chi connectivity index (χ3v) is 9.00. The summed E-state index contributed by atoms with van der Waals surface area (Å²) in [5, 5.41) is 15.0. The summed E-state index contributed by atoms with van der Waals surface area (Å²) in [6, 6.07) is -2.16. The number of nitrogens with one attached hydrogen (secondary N) is 3. The van der Waals surface area contributed by atoms with Gasteiger partial charge >= 0.3 is 6.09 Å². The molecular weight excluding hydrogens is 532 g/mol. The Bertz CT molecular complexity index is 1130. The molecule has 4 rings (SSSR count).